The number of hydrogen-bond donors (Lipinski definition) is 3. The van der Waals surface area contributed by atoms with E-state index >= 15 is 0 Å². The van der Waals surface area contributed by atoms with Gasteiger partial charge in [-0.15, -0.1) is 0 Å². The van der Waals surface area contributed by atoms with Gasteiger partial charge in [0, 0.05) is 36.7 Å². The summed E-state index contributed by atoms with van der Waals surface area (Å²) in [6, 6.07) is 16.9. The summed E-state index contributed by atoms with van der Waals surface area (Å²) in [5.41, 5.74) is 3.44. The lowest BCUT2D eigenvalue weighted by atomic mass is 10.1. The Morgan fingerprint density at radius 3 is 2.39 bits per heavy atom. The zero-order valence-corrected chi connectivity index (χ0v) is 18.1. The van der Waals surface area contributed by atoms with E-state index in [-0.39, 0.29) is 17.9 Å². The van der Waals surface area contributed by atoms with Crippen LogP contribution in [0.5, 0.6) is 0 Å². The number of amides is 3. The van der Waals surface area contributed by atoms with Crippen LogP contribution in [-0.4, -0.2) is 23.5 Å². The maximum Gasteiger partial charge on any atom is 0.315 e. The summed E-state index contributed by atoms with van der Waals surface area (Å²) in [4.78, 5) is 28.3. The first-order valence-corrected chi connectivity index (χ1v) is 10.4. The first-order chi connectivity index (χ1) is 14.9. The number of oxazole rings is 1. The largest absolute Gasteiger partial charge is 0.441 e. The van der Waals surface area contributed by atoms with Gasteiger partial charge < -0.3 is 20.4 Å². The second kappa shape index (κ2) is 10.4. The maximum atomic E-state index is 12.1. The summed E-state index contributed by atoms with van der Waals surface area (Å²) in [7, 11) is 0. The molecular weight excluding hydrogens is 392 g/mol. The molecule has 0 spiro atoms. The zero-order chi connectivity index (χ0) is 22.2. The number of benzene rings is 2. The van der Waals surface area contributed by atoms with Gasteiger partial charge in [-0.1, -0.05) is 44.2 Å². The van der Waals surface area contributed by atoms with Gasteiger partial charge in [-0.25, -0.2) is 9.78 Å². The number of aryl methyl sites for hydroxylation is 1. The summed E-state index contributed by atoms with van der Waals surface area (Å²) in [6.07, 6.45) is 0.583. The molecule has 0 bridgehead atoms. The van der Waals surface area contributed by atoms with Crippen molar-refractivity contribution in [2.45, 2.75) is 33.7 Å². The molecule has 162 valence electrons. The maximum absolute atomic E-state index is 12.1. The molecule has 31 heavy (non-hydrogen) atoms. The van der Waals surface area contributed by atoms with E-state index in [4.69, 9.17) is 4.42 Å². The highest BCUT2D eigenvalue weighted by Gasteiger charge is 2.11. The van der Waals surface area contributed by atoms with Crippen LogP contribution in [0.4, 0.5) is 10.5 Å². The first kappa shape index (κ1) is 22.1. The minimum absolute atomic E-state index is 0.0245. The lowest BCUT2D eigenvalue weighted by Crippen LogP contribution is -2.36. The van der Waals surface area contributed by atoms with Crippen LogP contribution in [0.25, 0.3) is 11.5 Å². The second-order valence-corrected chi connectivity index (χ2v) is 7.59. The molecule has 0 saturated carbocycles. The van der Waals surface area contributed by atoms with Crippen molar-refractivity contribution in [3.8, 4) is 11.5 Å². The molecule has 3 rings (SSSR count). The molecule has 0 radical (unpaired) electrons. The molecule has 1 aromatic heterocycles. The summed E-state index contributed by atoms with van der Waals surface area (Å²) in [6.45, 7) is 6.41. The fourth-order valence-electron chi connectivity index (χ4n) is 2.90. The number of carbonyl (C=O) groups is 2. The number of anilines is 1. The number of nitrogens with one attached hydrogen (secondary N) is 3. The van der Waals surface area contributed by atoms with Crippen LogP contribution in [0.15, 0.2) is 59.0 Å². The Balaban J connectivity index is 1.42. The minimum Gasteiger partial charge on any atom is -0.441 e. The molecule has 0 saturated heterocycles. The van der Waals surface area contributed by atoms with Crippen molar-refractivity contribution < 1.29 is 14.0 Å². The molecule has 0 fully saturated rings. The predicted octanol–water partition coefficient (Wildman–Crippen LogP) is 4.29. The van der Waals surface area contributed by atoms with Crippen LogP contribution in [0.1, 0.15) is 30.9 Å². The molecule has 7 nitrogen and oxygen atoms in total. The molecule has 1 heterocycles. The Bertz CT molecular complexity index is 1010. The van der Waals surface area contributed by atoms with Gasteiger partial charge in [0.05, 0.1) is 5.69 Å². The van der Waals surface area contributed by atoms with E-state index < -0.39 is 0 Å². The number of carbonyl (C=O) groups excluding carboxylic acids is 2. The smallest absolute Gasteiger partial charge is 0.315 e. The van der Waals surface area contributed by atoms with Crippen LogP contribution in [-0.2, 0) is 17.8 Å². The normalized spacial score (nSPS) is 10.7. The zero-order valence-electron chi connectivity index (χ0n) is 18.1. The Morgan fingerprint density at radius 1 is 1.00 bits per heavy atom. The molecule has 3 amide bonds. The van der Waals surface area contributed by atoms with Crippen LogP contribution in [0.2, 0.25) is 0 Å². The Hall–Kier alpha value is -3.61. The molecule has 7 heteroatoms. The second-order valence-electron chi connectivity index (χ2n) is 7.59. The quantitative estimate of drug-likeness (QED) is 0.507. The van der Waals surface area contributed by atoms with Crippen LogP contribution in [0, 0.1) is 12.8 Å². The average Bonchev–Trinajstić information content (AvgIpc) is 3.14. The Labute approximate surface area is 182 Å². The monoisotopic (exact) mass is 420 g/mol. The van der Waals surface area contributed by atoms with Crippen molar-refractivity contribution in [3.05, 3.63) is 71.6 Å². The predicted molar refractivity (Wildman–Crippen MR) is 121 cm³/mol. The van der Waals surface area contributed by atoms with Crippen molar-refractivity contribution >= 4 is 17.6 Å². The highest BCUT2D eigenvalue weighted by molar-refractivity contribution is 5.92. The highest BCUT2D eigenvalue weighted by atomic mass is 16.4. The minimum atomic E-state index is -0.249. The van der Waals surface area contributed by atoms with E-state index in [1.54, 1.807) is 0 Å². The van der Waals surface area contributed by atoms with Gasteiger partial charge >= 0.3 is 6.03 Å². The van der Waals surface area contributed by atoms with Gasteiger partial charge in [0.1, 0.15) is 5.76 Å². The van der Waals surface area contributed by atoms with Crippen LogP contribution < -0.4 is 16.0 Å². The van der Waals surface area contributed by atoms with Gasteiger partial charge in [-0.05, 0) is 36.8 Å². The summed E-state index contributed by atoms with van der Waals surface area (Å²) >= 11 is 0. The summed E-state index contributed by atoms with van der Waals surface area (Å²) in [5.74, 6) is 1.25. The van der Waals surface area contributed by atoms with E-state index in [9.17, 15) is 9.59 Å². The van der Waals surface area contributed by atoms with Crippen LogP contribution in [0.3, 0.4) is 0 Å². The average molecular weight is 421 g/mol. The molecule has 3 aromatic rings. The molecule has 0 aliphatic heterocycles. The van der Waals surface area contributed by atoms with Crippen molar-refractivity contribution in [2.24, 2.45) is 5.92 Å². The molecule has 0 aliphatic rings. The van der Waals surface area contributed by atoms with E-state index in [0.717, 1.165) is 28.3 Å². The topological polar surface area (TPSA) is 96.3 Å². The molecule has 3 N–H and O–H groups in total. The third-order valence-corrected chi connectivity index (χ3v) is 4.76. The Kier molecular flexibility index (Phi) is 7.43. The van der Waals surface area contributed by atoms with Crippen molar-refractivity contribution in [3.63, 3.8) is 0 Å². The van der Waals surface area contributed by atoms with E-state index in [0.29, 0.717) is 25.4 Å². The number of nitrogens with zero attached hydrogens (tertiary/aromatic N) is 1. The van der Waals surface area contributed by atoms with E-state index in [1.165, 1.54) is 0 Å². The van der Waals surface area contributed by atoms with Crippen LogP contribution >= 0.6 is 0 Å². The number of urea groups is 1. The summed E-state index contributed by atoms with van der Waals surface area (Å²) < 4.78 is 5.74. The molecule has 2 aromatic carbocycles. The fraction of sp³-hybridized carbons (Fsp3) is 0.292. The molecule has 0 aliphatic carbocycles. The molecule has 0 unspecified atom stereocenters. The van der Waals surface area contributed by atoms with Crippen molar-refractivity contribution in [2.75, 3.05) is 11.9 Å². The van der Waals surface area contributed by atoms with Crippen molar-refractivity contribution in [1.29, 1.82) is 0 Å². The third kappa shape index (κ3) is 6.44. The SMILES string of the molecule is Cc1oc(-c2ccccc2)nc1CCNC(=O)NCc1ccc(NC(=O)C(C)C)cc1. The van der Waals surface area contributed by atoms with Gasteiger partial charge in [0.15, 0.2) is 0 Å². The molecular formula is C24H28N4O3. The lowest BCUT2D eigenvalue weighted by molar-refractivity contribution is -0.118. The van der Waals surface area contributed by atoms with E-state index in [2.05, 4.69) is 20.9 Å². The number of hydrogen-bond acceptors (Lipinski definition) is 4. The van der Waals surface area contributed by atoms with E-state index in [1.807, 2.05) is 75.4 Å². The van der Waals surface area contributed by atoms with Gasteiger partial charge in [-0.2, -0.15) is 0 Å². The fourth-order valence-corrected chi connectivity index (χ4v) is 2.90. The Morgan fingerprint density at radius 2 is 1.71 bits per heavy atom. The molecule has 0 atom stereocenters. The lowest BCUT2D eigenvalue weighted by Gasteiger charge is -2.10. The number of rotatable bonds is 8. The van der Waals surface area contributed by atoms with Gasteiger partial charge in [0.2, 0.25) is 11.8 Å². The highest BCUT2D eigenvalue weighted by Crippen LogP contribution is 2.21. The third-order valence-electron chi connectivity index (χ3n) is 4.76. The van der Waals surface area contributed by atoms with Crippen molar-refractivity contribution in [1.82, 2.24) is 15.6 Å². The standard InChI is InChI=1S/C24H28N4O3/c1-16(2)22(29)27-20-11-9-18(10-12-20)15-26-24(30)25-14-13-21-17(3)31-23(28-21)19-7-5-4-6-8-19/h4-12,16H,13-15H2,1-3H3,(H,27,29)(H2,25,26,30). The van der Waals surface area contributed by atoms with Gasteiger partial charge in [-0.3, -0.25) is 4.79 Å². The number of aromatic nitrogens is 1. The van der Waals surface area contributed by atoms with Gasteiger partial charge in [0.25, 0.3) is 0 Å². The summed E-state index contributed by atoms with van der Waals surface area (Å²) in [5, 5.41) is 8.51. The first-order valence-electron chi connectivity index (χ1n) is 10.4.